The summed E-state index contributed by atoms with van der Waals surface area (Å²) in [4.78, 5) is 37.3. The molecule has 2 aromatic carbocycles. The van der Waals surface area contributed by atoms with Crippen LogP contribution in [0.25, 0.3) is 11.1 Å². The Morgan fingerprint density at radius 2 is 1.58 bits per heavy atom. The topological polar surface area (TPSA) is 105 Å². The van der Waals surface area contributed by atoms with E-state index in [9.17, 15) is 19.5 Å². The maximum absolute atomic E-state index is 12.8. The Morgan fingerprint density at radius 1 is 1.00 bits per heavy atom. The van der Waals surface area contributed by atoms with Crippen LogP contribution < -0.4 is 10.6 Å². The van der Waals surface area contributed by atoms with Crippen LogP contribution in [-0.2, 0) is 14.3 Å². The van der Waals surface area contributed by atoms with Gasteiger partial charge < -0.3 is 20.5 Å². The Morgan fingerprint density at radius 3 is 2.12 bits per heavy atom. The van der Waals surface area contributed by atoms with Gasteiger partial charge in [-0.1, -0.05) is 74.7 Å². The summed E-state index contributed by atoms with van der Waals surface area (Å²) in [5.74, 6) is -1.59. The summed E-state index contributed by atoms with van der Waals surface area (Å²) in [7, 11) is 0. The van der Waals surface area contributed by atoms with Crippen molar-refractivity contribution in [3.8, 4) is 11.1 Å². The van der Waals surface area contributed by atoms with Gasteiger partial charge in [-0.25, -0.2) is 9.59 Å². The van der Waals surface area contributed by atoms with Crippen LogP contribution in [0.15, 0.2) is 48.5 Å². The van der Waals surface area contributed by atoms with Crippen LogP contribution in [0.5, 0.6) is 0 Å². The average molecular weight is 451 g/mol. The molecule has 2 aromatic rings. The van der Waals surface area contributed by atoms with Crippen LogP contribution in [0.4, 0.5) is 4.79 Å². The standard InChI is InChI=1S/C26H30N2O5/c1-2-22(23(29)28-26(24(30)31)14-8-3-9-15-26)27-25(32)33-16-21-19-12-6-4-10-17(19)18-11-5-7-13-20(18)21/h4-7,10-13,21-22H,2-3,8-9,14-16H2,1H3,(H,27,32)(H,28,29)(H,30,31)/t22-/m1/s1. The molecular formula is C26H30N2O5. The lowest BCUT2D eigenvalue weighted by Crippen LogP contribution is -2.60. The molecule has 7 nitrogen and oxygen atoms in total. The van der Waals surface area contributed by atoms with E-state index in [0.717, 1.165) is 41.5 Å². The third kappa shape index (κ3) is 4.58. The number of ether oxygens (including phenoxy) is 1. The van der Waals surface area contributed by atoms with Gasteiger partial charge in [0.1, 0.15) is 18.2 Å². The van der Waals surface area contributed by atoms with Gasteiger partial charge in [0.2, 0.25) is 5.91 Å². The van der Waals surface area contributed by atoms with Crippen LogP contribution in [0.1, 0.15) is 62.5 Å². The van der Waals surface area contributed by atoms with E-state index in [0.29, 0.717) is 19.3 Å². The Labute approximate surface area is 193 Å². The first kappa shape index (κ1) is 22.8. The molecule has 0 aliphatic heterocycles. The molecule has 0 unspecified atom stereocenters. The molecule has 0 saturated heterocycles. The molecule has 2 aliphatic rings. The number of hydrogen-bond acceptors (Lipinski definition) is 4. The van der Waals surface area contributed by atoms with Crippen molar-refractivity contribution in [2.45, 2.75) is 62.9 Å². The van der Waals surface area contributed by atoms with Gasteiger partial charge >= 0.3 is 12.1 Å². The van der Waals surface area contributed by atoms with Gasteiger partial charge in [0.25, 0.3) is 0 Å². The summed E-state index contributed by atoms with van der Waals surface area (Å²) in [6.45, 7) is 1.92. The highest BCUT2D eigenvalue weighted by molar-refractivity contribution is 5.91. The van der Waals surface area contributed by atoms with E-state index < -0.39 is 29.6 Å². The highest BCUT2D eigenvalue weighted by atomic mass is 16.5. The minimum Gasteiger partial charge on any atom is -0.480 e. The molecule has 174 valence electrons. The monoisotopic (exact) mass is 450 g/mol. The number of rotatable bonds is 7. The number of alkyl carbamates (subject to hydrolysis) is 1. The Kier molecular flexibility index (Phi) is 6.67. The zero-order valence-electron chi connectivity index (χ0n) is 18.8. The van der Waals surface area contributed by atoms with Crippen molar-refractivity contribution in [3.63, 3.8) is 0 Å². The summed E-state index contributed by atoms with van der Waals surface area (Å²) in [6, 6.07) is 15.3. The fourth-order valence-corrected chi connectivity index (χ4v) is 5.01. The fourth-order valence-electron chi connectivity index (χ4n) is 5.01. The molecule has 0 heterocycles. The molecule has 4 rings (SSSR count). The molecule has 1 fully saturated rings. The molecule has 2 amide bonds. The largest absolute Gasteiger partial charge is 0.480 e. The Bertz CT molecular complexity index is 999. The zero-order valence-corrected chi connectivity index (χ0v) is 18.8. The first-order valence-electron chi connectivity index (χ1n) is 11.6. The average Bonchev–Trinajstić information content (AvgIpc) is 3.15. The SMILES string of the molecule is CC[C@@H](NC(=O)OCC1c2ccccc2-c2ccccc21)C(=O)NC1(C(=O)O)CCCCC1. The van der Waals surface area contributed by atoms with Gasteiger partial charge in [-0.15, -0.1) is 0 Å². The lowest BCUT2D eigenvalue weighted by molar-refractivity contribution is -0.149. The fraction of sp³-hybridized carbons (Fsp3) is 0.423. The maximum Gasteiger partial charge on any atom is 0.407 e. The van der Waals surface area contributed by atoms with Gasteiger partial charge in [0, 0.05) is 5.92 Å². The minimum atomic E-state index is -1.26. The van der Waals surface area contributed by atoms with Crippen molar-refractivity contribution in [2.24, 2.45) is 0 Å². The van der Waals surface area contributed by atoms with E-state index in [2.05, 4.69) is 22.8 Å². The summed E-state index contributed by atoms with van der Waals surface area (Å²) in [5, 5.41) is 15.0. The highest BCUT2D eigenvalue weighted by Gasteiger charge is 2.42. The van der Waals surface area contributed by atoms with Gasteiger partial charge in [-0.2, -0.15) is 0 Å². The predicted molar refractivity (Wildman–Crippen MR) is 124 cm³/mol. The lowest BCUT2D eigenvalue weighted by Gasteiger charge is -2.35. The summed E-state index contributed by atoms with van der Waals surface area (Å²) >= 11 is 0. The minimum absolute atomic E-state index is 0.0745. The van der Waals surface area contributed by atoms with Crippen LogP contribution in [0, 0.1) is 0 Å². The van der Waals surface area contributed by atoms with Crippen LogP contribution >= 0.6 is 0 Å². The number of benzene rings is 2. The zero-order chi connectivity index (χ0) is 23.4. The molecule has 0 spiro atoms. The third-order valence-electron chi connectivity index (χ3n) is 6.84. The molecule has 7 heteroatoms. The third-order valence-corrected chi connectivity index (χ3v) is 6.84. The molecule has 0 aromatic heterocycles. The van der Waals surface area contributed by atoms with E-state index in [1.54, 1.807) is 6.92 Å². The van der Waals surface area contributed by atoms with Crippen molar-refractivity contribution in [2.75, 3.05) is 6.61 Å². The maximum atomic E-state index is 12.8. The molecule has 1 saturated carbocycles. The summed E-state index contributed by atoms with van der Waals surface area (Å²) in [6.07, 6.45) is 2.90. The van der Waals surface area contributed by atoms with Crippen molar-refractivity contribution in [1.29, 1.82) is 0 Å². The highest BCUT2D eigenvalue weighted by Crippen LogP contribution is 2.44. The van der Waals surface area contributed by atoms with Crippen LogP contribution in [-0.4, -0.2) is 41.3 Å². The van der Waals surface area contributed by atoms with Gasteiger partial charge in [0.05, 0.1) is 0 Å². The number of nitrogens with one attached hydrogen (secondary N) is 2. The molecule has 0 radical (unpaired) electrons. The number of carbonyl (C=O) groups excluding carboxylic acids is 2. The number of amides is 2. The van der Waals surface area contributed by atoms with E-state index in [-0.39, 0.29) is 12.5 Å². The number of carboxylic acids is 1. The van der Waals surface area contributed by atoms with Crippen molar-refractivity contribution < 1.29 is 24.2 Å². The van der Waals surface area contributed by atoms with E-state index in [1.807, 2.05) is 36.4 Å². The number of fused-ring (bicyclic) bond motifs is 3. The Balaban J connectivity index is 1.39. The summed E-state index contributed by atoms with van der Waals surface area (Å²) < 4.78 is 5.54. The van der Waals surface area contributed by atoms with Crippen molar-refractivity contribution in [1.82, 2.24) is 10.6 Å². The summed E-state index contributed by atoms with van der Waals surface area (Å²) in [5.41, 5.74) is 3.23. The van der Waals surface area contributed by atoms with Crippen molar-refractivity contribution in [3.05, 3.63) is 59.7 Å². The quantitative estimate of drug-likeness (QED) is 0.586. The van der Waals surface area contributed by atoms with E-state index in [4.69, 9.17) is 4.74 Å². The van der Waals surface area contributed by atoms with Gasteiger partial charge in [-0.05, 0) is 41.5 Å². The molecular weight excluding hydrogens is 420 g/mol. The second kappa shape index (κ2) is 9.65. The lowest BCUT2D eigenvalue weighted by atomic mass is 9.81. The second-order valence-electron chi connectivity index (χ2n) is 8.87. The molecule has 33 heavy (non-hydrogen) atoms. The molecule has 3 N–H and O–H groups in total. The normalized spacial score (nSPS) is 17.4. The van der Waals surface area contributed by atoms with E-state index in [1.165, 1.54) is 0 Å². The number of carboxylic acid groups (broad SMARTS) is 1. The predicted octanol–water partition coefficient (Wildman–Crippen LogP) is 4.21. The van der Waals surface area contributed by atoms with E-state index >= 15 is 0 Å². The molecule has 2 aliphatic carbocycles. The van der Waals surface area contributed by atoms with Gasteiger partial charge in [0.15, 0.2) is 0 Å². The Hall–Kier alpha value is -3.35. The van der Waals surface area contributed by atoms with Gasteiger partial charge in [-0.3, -0.25) is 4.79 Å². The first-order valence-corrected chi connectivity index (χ1v) is 11.6. The van der Waals surface area contributed by atoms with Crippen molar-refractivity contribution >= 4 is 18.0 Å². The molecule has 1 atom stereocenters. The number of aliphatic carboxylic acids is 1. The number of carbonyl (C=O) groups is 3. The second-order valence-corrected chi connectivity index (χ2v) is 8.87. The van der Waals surface area contributed by atoms with Crippen LogP contribution in [0.3, 0.4) is 0 Å². The molecule has 0 bridgehead atoms. The van der Waals surface area contributed by atoms with Crippen LogP contribution in [0.2, 0.25) is 0 Å². The smallest absolute Gasteiger partial charge is 0.407 e. The number of hydrogen-bond donors (Lipinski definition) is 3. The first-order chi connectivity index (χ1) is 15.9.